The first-order valence-electron chi connectivity index (χ1n) is 6.89. The zero-order valence-corrected chi connectivity index (χ0v) is 11.4. The van der Waals surface area contributed by atoms with Crippen molar-refractivity contribution in [3.05, 3.63) is 11.6 Å². The molecule has 0 saturated heterocycles. The predicted octanol–water partition coefficient (Wildman–Crippen LogP) is 2.89. The van der Waals surface area contributed by atoms with Crippen molar-refractivity contribution in [3.8, 4) is 0 Å². The Bertz CT molecular complexity index is 315. The van der Waals surface area contributed by atoms with Crippen LogP contribution >= 0.6 is 0 Å². The lowest BCUT2D eigenvalue weighted by molar-refractivity contribution is -0.0386. The molecular weight excluding hydrogens is 212 g/mol. The van der Waals surface area contributed by atoms with Crippen molar-refractivity contribution in [2.45, 2.75) is 58.5 Å². The SMILES string of the molecule is CC1(C)CCCC(C)(O)C2CCC(CO)=CC21. The number of aliphatic hydroxyl groups is 2. The number of rotatable bonds is 1. The van der Waals surface area contributed by atoms with Gasteiger partial charge in [-0.25, -0.2) is 0 Å². The summed E-state index contributed by atoms with van der Waals surface area (Å²) in [5.41, 5.74) is 0.874. The normalized spacial score (nSPS) is 41.4. The molecule has 0 heterocycles. The summed E-state index contributed by atoms with van der Waals surface area (Å²) in [6.45, 7) is 6.80. The van der Waals surface area contributed by atoms with Crippen molar-refractivity contribution in [2.75, 3.05) is 6.61 Å². The van der Waals surface area contributed by atoms with Gasteiger partial charge in [0.2, 0.25) is 0 Å². The van der Waals surface area contributed by atoms with E-state index in [1.54, 1.807) is 0 Å². The number of allylic oxidation sites excluding steroid dienone is 1. The van der Waals surface area contributed by atoms with E-state index >= 15 is 0 Å². The van der Waals surface area contributed by atoms with Crippen LogP contribution in [0.4, 0.5) is 0 Å². The van der Waals surface area contributed by atoms with E-state index in [0.717, 1.165) is 31.3 Å². The first-order valence-corrected chi connectivity index (χ1v) is 6.89. The van der Waals surface area contributed by atoms with Crippen molar-refractivity contribution in [2.24, 2.45) is 17.3 Å². The van der Waals surface area contributed by atoms with Gasteiger partial charge in [-0.15, -0.1) is 0 Å². The van der Waals surface area contributed by atoms with E-state index in [-0.39, 0.29) is 12.0 Å². The molecule has 0 spiro atoms. The highest BCUT2D eigenvalue weighted by Crippen LogP contribution is 2.51. The topological polar surface area (TPSA) is 40.5 Å². The second-order valence-corrected chi connectivity index (χ2v) is 6.85. The van der Waals surface area contributed by atoms with E-state index < -0.39 is 5.60 Å². The van der Waals surface area contributed by atoms with Gasteiger partial charge in [0.25, 0.3) is 0 Å². The molecule has 3 atom stereocenters. The van der Waals surface area contributed by atoms with Crippen LogP contribution in [0.25, 0.3) is 0 Å². The van der Waals surface area contributed by atoms with Crippen molar-refractivity contribution in [1.82, 2.24) is 0 Å². The monoisotopic (exact) mass is 238 g/mol. The summed E-state index contributed by atoms with van der Waals surface area (Å²) in [5, 5.41) is 20.0. The molecule has 2 rings (SSSR count). The highest BCUT2D eigenvalue weighted by atomic mass is 16.3. The molecule has 0 aliphatic heterocycles. The fourth-order valence-electron chi connectivity index (χ4n) is 3.83. The molecule has 2 aliphatic rings. The van der Waals surface area contributed by atoms with E-state index in [1.807, 2.05) is 6.92 Å². The molecule has 1 saturated carbocycles. The Morgan fingerprint density at radius 1 is 1.29 bits per heavy atom. The molecule has 0 aromatic rings. The zero-order chi connectivity index (χ0) is 12.7. The maximum absolute atomic E-state index is 10.6. The summed E-state index contributed by atoms with van der Waals surface area (Å²) in [4.78, 5) is 0. The third-order valence-corrected chi connectivity index (χ3v) is 5.03. The third-order valence-electron chi connectivity index (χ3n) is 5.03. The minimum absolute atomic E-state index is 0.182. The van der Waals surface area contributed by atoms with Gasteiger partial charge in [0.05, 0.1) is 12.2 Å². The van der Waals surface area contributed by atoms with Gasteiger partial charge < -0.3 is 10.2 Å². The van der Waals surface area contributed by atoms with Crippen LogP contribution < -0.4 is 0 Å². The Morgan fingerprint density at radius 3 is 2.65 bits per heavy atom. The molecule has 3 unspecified atom stereocenters. The van der Waals surface area contributed by atoms with E-state index in [9.17, 15) is 10.2 Å². The largest absolute Gasteiger partial charge is 0.392 e. The van der Waals surface area contributed by atoms with Crippen molar-refractivity contribution in [3.63, 3.8) is 0 Å². The molecule has 2 aliphatic carbocycles. The van der Waals surface area contributed by atoms with Crippen LogP contribution in [0, 0.1) is 17.3 Å². The third kappa shape index (κ3) is 2.43. The van der Waals surface area contributed by atoms with Gasteiger partial charge in [-0.1, -0.05) is 26.3 Å². The molecule has 0 amide bonds. The Kier molecular flexibility index (Phi) is 3.39. The summed E-state index contributed by atoms with van der Waals surface area (Å²) in [6, 6.07) is 0. The molecule has 0 bridgehead atoms. The maximum Gasteiger partial charge on any atom is 0.0653 e. The van der Waals surface area contributed by atoms with Crippen LogP contribution in [0.1, 0.15) is 52.9 Å². The van der Waals surface area contributed by atoms with Gasteiger partial charge in [0.15, 0.2) is 0 Å². The quantitative estimate of drug-likeness (QED) is 0.690. The first-order chi connectivity index (χ1) is 7.87. The zero-order valence-electron chi connectivity index (χ0n) is 11.4. The van der Waals surface area contributed by atoms with Gasteiger partial charge in [0.1, 0.15) is 0 Å². The maximum atomic E-state index is 10.6. The van der Waals surface area contributed by atoms with E-state index in [4.69, 9.17) is 0 Å². The van der Waals surface area contributed by atoms with Gasteiger partial charge in [0, 0.05) is 0 Å². The van der Waals surface area contributed by atoms with Crippen LogP contribution in [-0.4, -0.2) is 22.4 Å². The van der Waals surface area contributed by atoms with Crippen molar-refractivity contribution < 1.29 is 10.2 Å². The van der Waals surface area contributed by atoms with Crippen LogP contribution in [0.2, 0.25) is 0 Å². The summed E-state index contributed by atoms with van der Waals surface area (Å²) < 4.78 is 0. The van der Waals surface area contributed by atoms with Gasteiger partial charge >= 0.3 is 0 Å². The predicted molar refractivity (Wildman–Crippen MR) is 69.6 cm³/mol. The van der Waals surface area contributed by atoms with Crippen LogP contribution in [-0.2, 0) is 0 Å². The molecule has 2 heteroatoms. The molecule has 2 N–H and O–H groups in total. The molecule has 1 fully saturated rings. The minimum Gasteiger partial charge on any atom is -0.392 e. The first kappa shape index (κ1) is 13.1. The van der Waals surface area contributed by atoms with Crippen LogP contribution in [0.15, 0.2) is 11.6 Å². The fraction of sp³-hybridized carbons (Fsp3) is 0.867. The fourth-order valence-corrected chi connectivity index (χ4v) is 3.83. The molecule has 98 valence electrons. The van der Waals surface area contributed by atoms with Gasteiger partial charge in [-0.2, -0.15) is 0 Å². The van der Waals surface area contributed by atoms with Crippen LogP contribution in [0.5, 0.6) is 0 Å². The minimum atomic E-state index is -0.532. The average Bonchev–Trinajstić information content (AvgIpc) is 2.35. The number of hydrogen-bond acceptors (Lipinski definition) is 2. The van der Waals surface area contributed by atoms with Gasteiger partial charge in [-0.05, 0) is 55.4 Å². The standard InChI is InChI=1S/C15H26O2/c1-14(2)7-4-8-15(3,17)12-6-5-11(10-16)9-13(12)14/h9,12-13,16-17H,4-8,10H2,1-3H3. The summed E-state index contributed by atoms with van der Waals surface area (Å²) in [5.74, 6) is 0.770. The van der Waals surface area contributed by atoms with Gasteiger partial charge in [-0.3, -0.25) is 0 Å². The summed E-state index contributed by atoms with van der Waals surface area (Å²) in [7, 11) is 0. The summed E-state index contributed by atoms with van der Waals surface area (Å²) in [6.07, 6.45) is 7.42. The molecule has 0 aromatic heterocycles. The Morgan fingerprint density at radius 2 is 2.00 bits per heavy atom. The number of aliphatic hydroxyl groups excluding tert-OH is 1. The lowest BCUT2D eigenvalue weighted by atomic mass is 9.63. The molecule has 17 heavy (non-hydrogen) atoms. The second kappa shape index (κ2) is 4.40. The number of fused-ring (bicyclic) bond motifs is 1. The highest BCUT2D eigenvalue weighted by molar-refractivity contribution is 5.16. The lowest BCUT2D eigenvalue weighted by Gasteiger charge is -2.44. The molecule has 0 radical (unpaired) electrons. The average molecular weight is 238 g/mol. The van der Waals surface area contributed by atoms with E-state index in [1.165, 1.54) is 6.42 Å². The van der Waals surface area contributed by atoms with Crippen molar-refractivity contribution in [1.29, 1.82) is 0 Å². The van der Waals surface area contributed by atoms with Crippen LogP contribution in [0.3, 0.4) is 0 Å². The summed E-state index contributed by atoms with van der Waals surface area (Å²) >= 11 is 0. The smallest absolute Gasteiger partial charge is 0.0653 e. The highest BCUT2D eigenvalue weighted by Gasteiger charge is 2.46. The number of hydrogen-bond donors (Lipinski definition) is 2. The Labute approximate surface area is 105 Å². The Hall–Kier alpha value is -0.340. The van der Waals surface area contributed by atoms with E-state index in [2.05, 4.69) is 19.9 Å². The van der Waals surface area contributed by atoms with Crippen molar-refractivity contribution >= 4 is 0 Å². The molecule has 0 aromatic carbocycles. The lowest BCUT2D eigenvalue weighted by Crippen LogP contribution is -2.42. The molecular formula is C15H26O2. The van der Waals surface area contributed by atoms with E-state index in [0.29, 0.717) is 11.8 Å². The molecule has 2 nitrogen and oxygen atoms in total. The Balaban J connectivity index is 2.36. The second-order valence-electron chi connectivity index (χ2n) is 6.85.